The van der Waals surface area contributed by atoms with E-state index in [9.17, 15) is 0 Å². The maximum Gasteiger partial charge on any atom is 0.0194 e. The molecule has 0 spiro atoms. The van der Waals surface area contributed by atoms with Crippen molar-refractivity contribution in [3.8, 4) is 0 Å². The Labute approximate surface area is 94.8 Å². The van der Waals surface area contributed by atoms with Crippen LogP contribution < -0.4 is 5.32 Å². The van der Waals surface area contributed by atoms with Crippen molar-refractivity contribution in [2.24, 2.45) is 5.92 Å². The standard InChI is InChI=1S/C12H27N3/c1-11(8-13-3)9-15-7-5-6-14(4)10-12(15)2/h11-13H,5-10H2,1-4H3. The van der Waals surface area contributed by atoms with Gasteiger partial charge in [0.2, 0.25) is 0 Å². The van der Waals surface area contributed by atoms with Crippen LogP contribution in [0.4, 0.5) is 0 Å². The maximum absolute atomic E-state index is 3.26. The van der Waals surface area contributed by atoms with Gasteiger partial charge in [0.15, 0.2) is 0 Å². The Morgan fingerprint density at radius 1 is 1.40 bits per heavy atom. The summed E-state index contributed by atoms with van der Waals surface area (Å²) in [5.41, 5.74) is 0. The first-order valence-corrected chi connectivity index (χ1v) is 6.20. The average molecular weight is 213 g/mol. The van der Waals surface area contributed by atoms with Gasteiger partial charge < -0.3 is 10.2 Å². The molecule has 0 aromatic carbocycles. The number of rotatable bonds is 4. The highest BCUT2D eigenvalue weighted by molar-refractivity contribution is 4.76. The Bertz CT molecular complexity index is 172. The van der Waals surface area contributed by atoms with E-state index < -0.39 is 0 Å². The minimum atomic E-state index is 0.705. The summed E-state index contributed by atoms with van der Waals surface area (Å²) in [5.74, 6) is 0.751. The Morgan fingerprint density at radius 2 is 2.13 bits per heavy atom. The van der Waals surface area contributed by atoms with Crippen LogP contribution in [0.25, 0.3) is 0 Å². The Balaban J connectivity index is 2.38. The van der Waals surface area contributed by atoms with E-state index in [1.807, 2.05) is 7.05 Å². The highest BCUT2D eigenvalue weighted by atomic mass is 15.2. The lowest BCUT2D eigenvalue weighted by Gasteiger charge is -2.30. The van der Waals surface area contributed by atoms with Crippen molar-refractivity contribution in [2.75, 3.05) is 46.8 Å². The summed E-state index contributed by atoms with van der Waals surface area (Å²) in [5, 5.41) is 3.26. The molecule has 2 unspecified atom stereocenters. The topological polar surface area (TPSA) is 18.5 Å². The van der Waals surface area contributed by atoms with Gasteiger partial charge in [-0.05, 0) is 53.0 Å². The van der Waals surface area contributed by atoms with Crippen LogP contribution in [0, 0.1) is 5.92 Å². The zero-order valence-corrected chi connectivity index (χ0v) is 10.8. The first-order chi connectivity index (χ1) is 7.13. The lowest BCUT2D eigenvalue weighted by Crippen LogP contribution is -2.41. The van der Waals surface area contributed by atoms with Gasteiger partial charge in [0, 0.05) is 19.1 Å². The summed E-state index contributed by atoms with van der Waals surface area (Å²) in [6, 6.07) is 0.705. The normalized spacial score (nSPS) is 27.6. The monoisotopic (exact) mass is 213 g/mol. The molecule has 90 valence electrons. The Hall–Kier alpha value is -0.120. The molecule has 1 aliphatic heterocycles. The first-order valence-electron chi connectivity index (χ1n) is 6.20. The zero-order valence-electron chi connectivity index (χ0n) is 10.8. The largest absolute Gasteiger partial charge is 0.319 e. The molecule has 1 rings (SSSR count). The second kappa shape index (κ2) is 6.46. The fourth-order valence-electron chi connectivity index (χ4n) is 2.51. The van der Waals surface area contributed by atoms with Crippen LogP contribution in [-0.2, 0) is 0 Å². The molecular formula is C12H27N3. The summed E-state index contributed by atoms with van der Waals surface area (Å²) in [4.78, 5) is 5.10. The van der Waals surface area contributed by atoms with Gasteiger partial charge >= 0.3 is 0 Å². The van der Waals surface area contributed by atoms with E-state index in [0.717, 1.165) is 12.5 Å². The van der Waals surface area contributed by atoms with Crippen LogP contribution in [0.5, 0.6) is 0 Å². The predicted molar refractivity (Wildman–Crippen MR) is 66.2 cm³/mol. The van der Waals surface area contributed by atoms with Gasteiger partial charge in [0.1, 0.15) is 0 Å². The van der Waals surface area contributed by atoms with Crippen LogP contribution >= 0.6 is 0 Å². The molecule has 2 atom stereocenters. The molecule has 3 heteroatoms. The number of nitrogens with one attached hydrogen (secondary N) is 1. The van der Waals surface area contributed by atoms with Gasteiger partial charge in [-0.1, -0.05) is 6.92 Å². The number of hydrogen-bond acceptors (Lipinski definition) is 3. The fraction of sp³-hybridized carbons (Fsp3) is 1.00. The minimum absolute atomic E-state index is 0.705. The molecule has 0 amide bonds. The van der Waals surface area contributed by atoms with Crippen molar-refractivity contribution < 1.29 is 0 Å². The van der Waals surface area contributed by atoms with E-state index in [0.29, 0.717) is 6.04 Å². The first kappa shape index (κ1) is 12.9. The van der Waals surface area contributed by atoms with Crippen LogP contribution in [0.15, 0.2) is 0 Å². The molecule has 0 aromatic rings. The molecule has 0 bridgehead atoms. The molecule has 0 aromatic heterocycles. The van der Waals surface area contributed by atoms with E-state index >= 15 is 0 Å². The lowest BCUT2D eigenvalue weighted by molar-refractivity contribution is 0.178. The summed E-state index contributed by atoms with van der Waals surface area (Å²) in [6.07, 6.45) is 1.31. The summed E-state index contributed by atoms with van der Waals surface area (Å²) >= 11 is 0. The van der Waals surface area contributed by atoms with Crippen LogP contribution in [0.3, 0.4) is 0 Å². The average Bonchev–Trinajstić information content (AvgIpc) is 2.29. The molecule has 1 fully saturated rings. The third-order valence-electron chi connectivity index (χ3n) is 3.28. The van der Waals surface area contributed by atoms with Gasteiger partial charge in [-0.3, -0.25) is 4.90 Å². The zero-order chi connectivity index (χ0) is 11.3. The van der Waals surface area contributed by atoms with E-state index in [-0.39, 0.29) is 0 Å². The van der Waals surface area contributed by atoms with Crippen molar-refractivity contribution in [1.82, 2.24) is 15.1 Å². The quantitative estimate of drug-likeness (QED) is 0.747. The third kappa shape index (κ3) is 4.49. The second-order valence-electron chi connectivity index (χ2n) is 5.12. The van der Waals surface area contributed by atoms with Crippen molar-refractivity contribution in [2.45, 2.75) is 26.3 Å². The van der Waals surface area contributed by atoms with Crippen molar-refractivity contribution >= 4 is 0 Å². The molecule has 1 N–H and O–H groups in total. The van der Waals surface area contributed by atoms with Crippen LogP contribution in [-0.4, -0.2) is 62.7 Å². The maximum atomic E-state index is 3.26. The van der Waals surface area contributed by atoms with Gasteiger partial charge in [-0.25, -0.2) is 0 Å². The summed E-state index contributed by atoms with van der Waals surface area (Å²) < 4.78 is 0. The molecule has 0 radical (unpaired) electrons. The van der Waals surface area contributed by atoms with Gasteiger partial charge in [0.25, 0.3) is 0 Å². The van der Waals surface area contributed by atoms with Crippen LogP contribution in [0.2, 0.25) is 0 Å². The van der Waals surface area contributed by atoms with E-state index in [4.69, 9.17) is 0 Å². The smallest absolute Gasteiger partial charge is 0.0194 e. The molecule has 15 heavy (non-hydrogen) atoms. The number of hydrogen-bond donors (Lipinski definition) is 1. The third-order valence-corrected chi connectivity index (χ3v) is 3.28. The molecular weight excluding hydrogens is 186 g/mol. The number of likely N-dealkylation sites (N-methyl/N-ethyl adjacent to an activating group) is 1. The van der Waals surface area contributed by atoms with E-state index in [2.05, 4.69) is 36.0 Å². The lowest BCUT2D eigenvalue weighted by atomic mass is 10.1. The summed E-state index contributed by atoms with van der Waals surface area (Å²) in [7, 11) is 4.27. The van der Waals surface area contributed by atoms with Crippen molar-refractivity contribution in [1.29, 1.82) is 0 Å². The highest BCUT2D eigenvalue weighted by Crippen LogP contribution is 2.10. The number of nitrogens with zero attached hydrogens (tertiary/aromatic N) is 2. The minimum Gasteiger partial charge on any atom is -0.319 e. The van der Waals surface area contributed by atoms with E-state index in [1.165, 1.54) is 32.6 Å². The SMILES string of the molecule is CNCC(C)CN1CCCN(C)CC1C. The van der Waals surface area contributed by atoms with Crippen molar-refractivity contribution in [3.63, 3.8) is 0 Å². The van der Waals surface area contributed by atoms with Crippen molar-refractivity contribution in [3.05, 3.63) is 0 Å². The summed E-state index contributed by atoms with van der Waals surface area (Å²) in [6.45, 7) is 10.8. The van der Waals surface area contributed by atoms with Crippen LogP contribution in [0.1, 0.15) is 20.3 Å². The Kier molecular flexibility index (Phi) is 5.58. The Morgan fingerprint density at radius 3 is 2.80 bits per heavy atom. The van der Waals surface area contributed by atoms with Gasteiger partial charge in [0.05, 0.1) is 0 Å². The molecule has 1 saturated heterocycles. The predicted octanol–water partition coefficient (Wildman–Crippen LogP) is 0.868. The second-order valence-corrected chi connectivity index (χ2v) is 5.12. The molecule has 3 nitrogen and oxygen atoms in total. The molecule has 1 heterocycles. The molecule has 0 aliphatic carbocycles. The van der Waals surface area contributed by atoms with E-state index in [1.54, 1.807) is 0 Å². The highest BCUT2D eigenvalue weighted by Gasteiger charge is 2.20. The molecule has 0 saturated carbocycles. The van der Waals surface area contributed by atoms with Gasteiger partial charge in [-0.2, -0.15) is 0 Å². The molecule has 1 aliphatic rings. The fourth-order valence-corrected chi connectivity index (χ4v) is 2.51. The van der Waals surface area contributed by atoms with Gasteiger partial charge in [-0.15, -0.1) is 0 Å².